The minimum atomic E-state index is -0.830. The number of rotatable bonds is 5. The Morgan fingerprint density at radius 2 is 2.12 bits per heavy atom. The van der Waals surface area contributed by atoms with Gasteiger partial charge < -0.3 is 10.1 Å². The van der Waals surface area contributed by atoms with Crippen LogP contribution in [-0.4, -0.2) is 48.6 Å². The van der Waals surface area contributed by atoms with Crippen LogP contribution in [0.15, 0.2) is 24.3 Å². The number of ether oxygens (including phenoxy) is 1. The predicted octanol–water partition coefficient (Wildman–Crippen LogP) is 1.25. The van der Waals surface area contributed by atoms with Gasteiger partial charge in [-0.25, -0.2) is 4.79 Å². The van der Waals surface area contributed by atoms with Crippen molar-refractivity contribution in [3.05, 3.63) is 29.8 Å². The molecule has 132 valence electrons. The Labute approximate surface area is 146 Å². The first-order valence-electron chi connectivity index (χ1n) is 8.50. The number of nitrogens with zero attached hydrogens (tertiary/aromatic N) is 2. The van der Waals surface area contributed by atoms with Crippen molar-refractivity contribution in [1.82, 2.24) is 15.5 Å². The van der Waals surface area contributed by atoms with Crippen molar-refractivity contribution in [3.8, 4) is 11.8 Å². The van der Waals surface area contributed by atoms with Crippen molar-refractivity contribution in [2.45, 2.75) is 25.3 Å². The first kappa shape index (κ1) is 17.2. The monoisotopic (exact) mass is 342 g/mol. The van der Waals surface area contributed by atoms with Crippen molar-refractivity contribution < 1.29 is 14.3 Å². The fraction of sp³-hybridized carbons (Fsp3) is 0.500. The fourth-order valence-corrected chi connectivity index (χ4v) is 3.49. The van der Waals surface area contributed by atoms with Crippen molar-refractivity contribution in [2.24, 2.45) is 5.92 Å². The standard InChI is InChI=1S/C18H22N4O3/c1-18(16(23)20-17(24)21-18)14-3-2-8-22(12-14)9-10-25-15-6-4-13(11-19)5-7-15/h4-7,14H,2-3,8-10,12H2,1H3,(H2,20,21,23,24)/t14-,18-/m1/s1. The molecule has 2 aliphatic heterocycles. The molecule has 7 heteroatoms. The molecule has 2 saturated heterocycles. The second kappa shape index (κ2) is 7.11. The fourth-order valence-electron chi connectivity index (χ4n) is 3.49. The average Bonchev–Trinajstić information content (AvgIpc) is 2.89. The number of imide groups is 1. The lowest BCUT2D eigenvalue weighted by molar-refractivity contribution is -0.126. The van der Waals surface area contributed by atoms with Crippen molar-refractivity contribution in [3.63, 3.8) is 0 Å². The highest BCUT2D eigenvalue weighted by molar-refractivity contribution is 6.06. The maximum Gasteiger partial charge on any atom is 0.322 e. The number of urea groups is 1. The molecule has 1 aromatic rings. The minimum absolute atomic E-state index is 0.0858. The van der Waals surface area contributed by atoms with Crippen LogP contribution in [0.1, 0.15) is 25.3 Å². The molecular weight excluding hydrogens is 320 g/mol. The van der Waals surface area contributed by atoms with Gasteiger partial charge in [0.1, 0.15) is 17.9 Å². The van der Waals surface area contributed by atoms with Crippen molar-refractivity contribution in [2.75, 3.05) is 26.2 Å². The number of hydrogen-bond donors (Lipinski definition) is 2. The van der Waals surface area contributed by atoms with Crippen molar-refractivity contribution in [1.29, 1.82) is 5.26 Å². The van der Waals surface area contributed by atoms with E-state index >= 15 is 0 Å². The lowest BCUT2D eigenvalue weighted by Gasteiger charge is -2.39. The van der Waals surface area contributed by atoms with Crippen LogP contribution in [0.3, 0.4) is 0 Å². The first-order valence-corrected chi connectivity index (χ1v) is 8.50. The van der Waals surface area contributed by atoms with Gasteiger partial charge in [0.05, 0.1) is 11.6 Å². The summed E-state index contributed by atoms with van der Waals surface area (Å²) in [7, 11) is 0. The van der Waals surface area contributed by atoms with Crippen molar-refractivity contribution >= 4 is 11.9 Å². The average molecular weight is 342 g/mol. The Balaban J connectivity index is 1.51. The van der Waals surface area contributed by atoms with Gasteiger partial charge in [0.25, 0.3) is 5.91 Å². The quantitative estimate of drug-likeness (QED) is 0.785. The molecule has 3 rings (SSSR count). The van der Waals surface area contributed by atoms with Crippen LogP contribution < -0.4 is 15.4 Å². The van der Waals surface area contributed by atoms with Gasteiger partial charge in [-0.1, -0.05) is 0 Å². The number of likely N-dealkylation sites (tertiary alicyclic amines) is 1. The van der Waals surface area contributed by atoms with E-state index in [1.807, 2.05) is 0 Å². The van der Waals surface area contributed by atoms with E-state index in [1.165, 1.54) is 0 Å². The minimum Gasteiger partial charge on any atom is -0.492 e. The van der Waals surface area contributed by atoms with Gasteiger partial charge in [-0.05, 0) is 50.6 Å². The van der Waals surface area contributed by atoms with Crippen LogP contribution in [0.5, 0.6) is 5.75 Å². The van der Waals surface area contributed by atoms with Gasteiger partial charge in [0, 0.05) is 19.0 Å². The molecule has 0 aliphatic carbocycles. The maximum absolute atomic E-state index is 12.1. The van der Waals surface area contributed by atoms with E-state index in [1.54, 1.807) is 31.2 Å². The Bertz CT molecular complexity index is 697. The van der Waals surface area contributed by atoms with Gasteiger partial charge in [-0.2, -0.15) is 5.26 Å². The van der Waals surface area contributed by atoms with Gasteiger partial charge in [0.2, 0.25) is 0 Å². The molecule has 2 aliphatic rings. The molecule has 0 spiro atoms. The summed E-state index contributed by atoms with van der Waals surface area (Å²) in [6.45, 7) is 4.80. The third kappa shape index (κ3) is 3.74. The summed E-state index contributed by atoms with van der Waals surface area (Å²) < 4.78 is 5.73. The van der Waals surface area contributed by atoms with Crippen LogP contribution in [0.2, 0.25) is 0 Å². The summed E-state index contributed by atoms with van der Waals surface area (Å²) in [5.41, 5.74) is -0.222. The van der Waals surface area contributed by atoms with Crippen LogP contribution in [0.4, 0.5) is 4.79 Å². The van der Waals surface area contributed by atoms with E-state index in [9.17, 15) is 9.59 Å². The molecule has 1 aromatic carbocycles. The zero-order valence-electron chi connectivity index (χ0n) is 14.2. The summed E-state index contributed by atoms with van der Waals surface area (Å²) in [4.78, 5) is 25.8. The zero-order valence-corrected chi connectivity index (χ0v) is 14.2. The van der Waals surface area contributed by atoms with Crippen LogP contribution >= 0.6 is 0 Å². The van der Waals surface area contributed by atoms with Gasteiger partial charge in [-0.3, -0.25) is 15.0 Å². The zero-order chi connectivity index (χ0) is 17.9. The molecule has 2 heterocycles. The first-order chi connectivity index (χ1) is 12.0. The largest absolute Gasteiger partial charge is 0.492 e. The number of nitrogens with one attached hydrogen (secondary N) is 2. The second-order valence-corrected chi connectivity index (χ2v) is 6.74. The number of carbonyl (C=O) groups is 2. The van der Waals surface area contributed by atoms with Gasteiger partial charge in [0.15, 0.2) is 0 Å². The Morgan fingerprint density at radius 3 is 2.76 bits per heavy atom. The third-order valence-corrected chi connectivity index (χ3v) is 5.05. The number of nitriles is 1. The molecule has 0 aromatic heterocycles. The molecule has 2 atom stereocenters. The van der Waals surface area contributed by atoms with E-state index in [4.69, 9.17) is 10.00 Å². The van der Waals surface area contributed by atoms with Gasteiger partial charge >= 0.3 is 6.03 Å². The van der Waals surface area contributed by atoms with Crippen LogP contribution in [-0.2, 0) is 4.79 Å². The predicted molar refractivity (Wildman–Crippen MR) is 90.9 cm³/mol. The Kier molecular flexibility index (Phi) is 4.91. The summed E-state index contributed by atoms with van der Waals surface area (Å²) >= 11 is 0. The SMILES string of the molecule is C[C@]1([C@@H]2CCCN(CCOc3ccc(C#N)cc3)C2)NC(=O)NC1=O. The number of piperidine rings is 1. The van der Waals surface area contributed by atoms with Crippen LogP contribution in [0.25, 0.3) is 0 Å². The lowest BCUT2D eigenvalue weighted by Crippen LogP contribution is -2.56. The maximum atomic E-state index is 12.1. The molecule has 7 nitrogen and oxygen atoms in total. The molecule has 0 radical (unpaired) electrons. The molecule has 0 bridgehead atoms. The molecule has 0 unspecified atom stereocenters. The number of benzene rings is 1. The number of amides is 3. The lowest BCUT2D eigenvalue weighted by atomic mass is 9.80. The summed E-state index contributed by atoms with van der Waals surface area (Å²) in [6, 6.07) is 8.71. The second-order valence-electron chi connectivity index (χ2n) is 6.74. The molecule has 2 fully saturated rings. The highest BCUT2D eigenvalue weighted by Crippen LogP contribution is 2.29. The molecule has 2 N–H and O–H groups in total. The van der Waals surface area contributed by atoms with E-state index in [-0.39, 0.29) is 11.8 Å². The Hall–Kier alpha value is -2.59. The molecule has 0 saturated carbocycles. The summed E-state index contributed by atoms with van der Waals surface area (Å²) in [6.07, 6.45) is 1.90. The van der Waals surface area contributed by atoms with E-state index in [0.29, 0.717) is 12.2 Å². The number of carbonyl (C=O) groups excluding carboxylic acids is 2. The van der Waals surface area contributed by atoms with Gasteiger partial charge in [-0.15, -0.1) is 0 Å². The van der Waals surface area contributed by atoms with E-state index < -0.39 is 11.6 Å². The molecule has 25 heavy (non-hydrogen) atoms. The number of hydrogen-bond acceptors (Lipinski definition) is 5. The summed E-state index contributed by atoms with van der Waals surface area (Å²) in [5.74, 6) is 0.586. The smallest absolute Gasteiger partial charge is 0.322 e. The van der Waals surface area contributed by atoms with E-state index in [0.717, 1.165) is 38.2 Å². The highest BCUT2D eigenvalue weighted by Gasteiger charge is 2.48. The third-order valence-electron chi connectivity index (χ3n) is 5.05. The summed E-state index contributed by atoms with van der Waals surface area (Å²) in [5, 5.41) is 13.9. The molecular formula is C18H22N4O3. The molecule has 3 amide bonds. The highest BCUT2D eigenvalue weighted by atomic mass is 16.5. The topological polar surface area (TPSA) is 94.5 Å². The Morgan fingerprint density at radius 1 is 1.36 bits per heavy atom. The normalized spacial score (nSPS) is 26.6. The van der Waals surface area contributed by atoms with E-state index in [2.05, 4.69) is 21.6 Å². The van der Waals surface area contributed by atoms with Crippen LogP contribution in [0, 0.1) is 17.2 Å².